The van der Waals surface area contributed by atoms with Crippen LogP contribution in [0.25, 0.3) is 27.8 Å². The minimum absolute atomic E-state index is 0.142. The van der Waals surface area contributed by atoms with Crippen LogP contribution in [0.5, 0.6) is 0 Å². The molecule has 1 aliphatic rings. The number of hydrogen-bond donors (Lipinski definition) is 4. The Kier molecular flexibility index (Phi) is 5.28. The van der Waals surface area contributed by atoms with Crippen LogP contribution in [0.15, 0.2) is 85.0 Å². The average Bonchev–Trinajstić information content (AvgIpc) is 2.79. The first-order valence-corrected chi connectivity index (χ1v) is 10.0. The van der Waals surface area contributed by atoms with Crippen LogP contribution in [0.4, 0.5) is 11.4 Å². The number of allylic oxidation sites excluding steroid dienone is 3. The molecule has 0 amide bonds. The summed E-state index contributed by atoms with van der Waals surface area (Å²) in [6.45, 7) is 0. The number of anilines is 2. The fourth-order valence-corrected chi connectivity index (χ4v) is 3.90. The van der Waals surface area contributed by atoms with Gasteiger partial charge in [-0.05, 0) is 64.1 Å². The van der Waals surface area contributed by atoms with Gasteiger partial charge in [-0.1, -0.05) is 60.7 Å². The van der Waals surface area contributed by atoms with Gasteiger partial charge in [-0.3, -0.25) is 9.59 Å². The fourth-order valence-electron chi connectivity index (χ4n) is 3.90. The molecule has 0 atom stereocenters. The lowest BCUT2D eigenvalue weighted by molar-refractivity contribution is -0.160. The highest BCUT2D eigenvalue weighted by Gasteiger charge is 2.44. The normalized spacial score (nSPS) is 14.6. The highest BCUT2D eigenvalue weighted by molar-refractivity contribution is 6.03. The molecule has 6 heteroatoms. The number of nitrogen functional groups attached to an aromatic ring is 2. The summed E-state index contributed by atoms with van der Waals surface area (Å²) in [5, 5.41) is 19.0. The van der Waals surface area contributed by atoms with E-state index in [4.69, 9.17) is 11.5 Å². The standard InChI is InChI=1S/C26H22N2O4/c27-19-8-4-16(5-9-19)21-2-1-3-22(23(21)18-6-10-20(28)11-7-18)17-12-14-26(15-13-17,24(29)30)25(31)32/h1-14H,15,27-28H2,(H,29,30)(H,31,32). The Hall–Kier alpha value is -4.32. The second-order valence-corrected chi connectivity index (χ2v) is 7.75. The topological polar surface area (TPSA) is 127 Å². The number of carbonyl (C=O) groups is 2. The van der Waals surface area contributed by atoms with Gasteiger partial charge in [-0.25, -0.2) is 0 Å². The molecule has 0 aromatic heterocycles. The first-order valence-electron chi connectivity index (χ1n) is 10.0. The van der Waals surface area contributed by atoms with Gasteiger partial charge >= 0.3 is 11.9 Å². The van der Waals surface area contributed by atoms with E-state index in [-0.39, 0.29) is 6.42 Å². The molecule has 32 heavy (non-hydrogen) atoms. The molecular weight excluding hydrogens is 404 g/mol. The Balaban J connectivity index is 1.89. The summed E-state index contributed by atoms with van der Waals surface area (Å²) in [6, 6.07) is 20.9. The maximum absolute atomic E-state index is 11.7. The number of aliphatic carboxylic acids is 2. The summed E-state index contributed by atoms with van der Waals surface area (Å²) in [6.07, 6.45) is 4.37. The molecule has 0 saturated carbocycles. The Morgan fingerprint density at radius 3 is 1.78 bits per heavy atom. The molecule has 0 aliphatic heterocycles. The van der Waals surface area contributed by atoms with E-state index >= 15 is 0 Å². The van der Waals surface area contributed by atoms with E-state index in [1.165, 1.54) is 6.08 Å². The molecule has 0 bridgehead atoms. The van der Waals surface area contributed by atoms with Crippen LogP contribution in [0.1, 0.15) is 12.0 Å². The highest BCUT2D eigenvalue weighted by atomic mass is 16.4. The minimum atomic E-state index is -1.96. The van der Waals surface area contributed by atoms with Crippen molar-refractivity contribution in [2.45, 2.75) is 6.42 Å². The van der Waals surface area contributed by atoms with Crippen molar-refractivity contribution in [2.75, 3.05) is 11.5 Å². The van der Waals surface area contributed by atoms with E-state index in [0.29, 0.717) is 11.4 Å². The lowest BCUT2D eigenvalue weighted by Gasteiger charge is -2.24. The lowest BCUT2D eigenvalue weighted by atomic mass is 9.77. The first kappa shape index (κ1) is 20.9. The van der Waals surface area contributed by atoms with E-state index in [2.05, 4.69) is 0 Å². The van der Waals surface area contributed by atoms with Gasteiger partial charge in [0.25, 0.3) is 0 Å². The van der Waals surface area contributed by atoms with Crippen LogP contribution < -0.4 is 11.5 Å². The van der Waals surface area contributed by atoms with Gasteiger partial charge in [0.15, 0.2) is 5.41 Å². The van der Waals surface area contributed by atoms with E-state index in [1.54, 1.807) is 12.2 Å². The number of carboxylic acids is 2. The van der Waals surface area contributed by atoms with Crippen LogP contribution in [0.3, 0.4) is 0 Å². The second kappa shape index (κ2) is 8.07. The summed E-state index contributed by atoms with van der Waals surface area (Å²) >= 11 is 0. The molecular formula is C26H22N2O4. The van der Waals surface area contributed by atoms with Gasteiger partial charge in [0, 0.05) is 11.4 Å². The highest BCUT2D eigenvalue weighted by Crippen LogP contribution is 2.41. The molecule has 4 rings (SSSR count). The Labute approximate surface area is 185 Å². The van der Waals surface area contributed by atoms with E-state index < -0.39 is 17.4 Å². The van der Waals surface area contributed by atoms with Gasteiger partial charge in [0.2, 0.25) is 0 Å². The molecule has 1 aliphatic carbocycles. The molecule has 0 saturated heterocycles. The maximum atomic E-state index is 11.7. The molecule has 0 fully saturated rings. The Morgan fingerprint density at radius 1 is 0.750 bits per heavy atom. The predicted octanol–water partition coefficient (Wildman–Crippen LogP) is 4.68. The smallest absolute Gasteiger partial charge is 0.325 e. The lowest BCUT2D eigenvalue weighted by Crippen LogP contribution is -2.38. The second-order valence-electron chi connectivity index (χ2n) is 7.75. The van der Waals surface area contributed by atoms with Crippen LogP contribution in [0.2, 0.25) is 0 Å². The van der Waals surface area contributed by atoms with Crippen LogP contribution in [-0.2, 0) is 9.59 Å². The minimum Gasteiger partial charge on any atom is -0.480 e. The number of hydrogen-bond acceptors (Lipinski definition) is 4. The van der Waals surface area contributed by atoms with Crippen molar-refractivity contribution in [1.29, 1.82) is 0 Å². The average molecular weight is 426 g/mol. The van der Waals surface area contributed by atoms with Crippen molar-refractivity contribution < 1.29 is 19.8 Å². The first-order chi connectivity index (χ1) is 15.3. The SMILES string of the molecule is Nc1ccc(-c2cccc(C3=CCC(C(=O)O)(C(=O)O)C=C3)c2-c2ccc(N)cc2)cc1. The van der Waals surface area contributed by atoms with Crippen molar-refractivity contribution in [2.24, 2.45) is 5.41 Å². The summed E-state index contributed by atoms with van der Waals surface area (Å²) in [5.41, 5.74) is 16.5. The summed E-state index contributed by atoms with van der Waals surface area (Å²) in [4.78, 5) is 23.3. The number of rotatable bonds is 5. The number of carboxylic acid groups (broad SMARTS) is 2. The third-order valence-corrected chi connectivity index (χ3v) is 5.75. The molecule has 0 unspecified atom stereocenters. The zero-order valence-electron chi connectivity index (χ0n) is 17.2. The molecule has 3 aromatic rings. The van der Waals surface area contributed by atoms with Gasteiger partial charge in [-0.15, -0.1) is 0 Å². The van der Waals surface area contributed by atoms with Crippen molar-refractivity contribution in [1.82, 2.24) is 0 Å². The third kappa shape index (κ3) is 3.63. The van der Waals surface area contributed by atoms with Gasteiger partial charge < -0.3 is 21.7 Å². The zero-order chi connectivity index (χ0) is 22.9. The Bertz CT molecular complexity index is 1240. The van der Waals surface area contributed by atoms with Gasteiger partial charge in [0.1, 0.15) is 0 Å². The van der Waals surface area contributed by atoms with E-state index in [9.17, 15) is 19.8 Å². The van der Waals surface area contributed by atoms with E-state index in [1.807, 2.05) is 66.7 Å². The molecule has 160 valence electrons. The summed E-state index contributed by atoms with van der Waals surface area (Å²) < 4.78 is 0. The molecule has 0 radical (unpaired) electrons. The number of benzene rings is 3. The molecule has 6 nitrogen and oxygen atoms in total. The molecule has 0 heterocycles. The number of nitrogens with two attached hydrogens (primary N) is 2. The maximum Gasteiger partial charge on any atom is 0.325 e. The molecule has 6 N–H and O–H groups in total. The zero-order valence-corrected chi connectivity index (χ0v) is 17.2. The Morgan fingerprint density at radius 2 is 1.28 bits per heavy atom. The largest absolute Gasteiger partial charge is 0.480 e. The third-order valence-electron chi connectivity index (χ3n) is 5.75. The van der Waals surface area contributed by atoms with Crippen molar-refractivity contribution in [3.8, 4) is 22.3 Å². The summed E-state index contributed by atoms with van der Waals surface area (Å²) in [7, 11) is 0. The van der Waals surface area contributed by atoms with Crippen molar-refractivity contribution in [3.63, 3.8) is 0 Å². The quantitative estimate of drug-likeness (QED) is 0.346. The van der Waals surface area contributed by atoms with Gasteiger partial charge in [-0.2, -0.15) is 0 Å². The van der Waals surface area contributed by atoms with Crippen LogP contribution in [0, 0.1) is 5.41 Å². The van der Waals surface area contributed by atoms with Crippen LogP contribution in [-0.4, -0.2) is 22.2 Å². The molecule has 0 spiro atoms. The van der Waals surface area contributed by atoms with E-state index in [0.717, 1.165) is 33.4 Å². The van der Waals surface area contributed by atoms with Gasteiger partial charge in [0.05, 0.1) is 0 Å². The van der Waals surface area contributed by atoms with Crippen LogP contribution >= 0.6 is 0 Å². The fraction of sp³-hybridized carbons (Fsp3) is 0.0769. The van der Waals surface area contributed by atoms with Crippen molar-refractivity contribution >= 4 is 28.9 Å². The summed E-state index contributed by atoms with van der Waals surface area (Å²) in [5.74, 6) is -2.77. The monoisotopic (exact) mass is 426 g/mol. The molecule has 3 aromatic carbocycles. The predicted molar refractivity (Wildman–Crippen MR) is 126 cm³/mol. The van der Waals surface area contributed by atoms with Crippen molar-refractivity contribution in [3.05, 3.63) is 90.5 Å².